The van der Waals surface area contributed by atoms with Gasteiger partial charge in [-0.15, -0.1) is 5.10 Å². The fourth-order valence-electron chi connectivity index (χ4n) is 1.86. The van der Waals surface area contributed by atoms with Crippen LogP contribution in [0.15, 0.2) is 30.3 Å². The minimum Gasteiger partial charge on any atom is -0.464 e. The van der Waals surface area contributed by atoms with Crippen molar-refractivity contribution in [2.45, 2.75) is 26.1 Å². The van der Waals surface area contributed by atoms with Crippen molar-refractivity contribution in [3.8, 4) is 0 Å². The molecule has 1 aromatic heterocycles. The molecule has 0 aliphatic heterocycles. The summed E-state index contributed by atoms with van der Waals surface area (Å²) in [6, 6.07) is 9.37. The number of ether oxygens (including phenoxy) is 2. The maximum absolute atomic E-state index is 10.7. The highest BCUT2D eigenvalue weighted by atomic mass is 16.5. The molecular weight excluding hydrogens is 286 g/mol. The van der Waals surface area contributed by atoms with Crippen LogP contribution in [-0.4, -0.2) is 39.4 Å². The highest BCUT2D eigenvalue weighted by Crippen LogP contribution is 2.08. The van der Waals surface area contributed by atoms with Crippen molar-refractivity contribution in [2.24, 2.45) is 5.73 Å². The first-order chi connectivity index (χ1) is 10.7. The minimum atomic E-state index is -0.448. The first-order valence-electron chi connectivity index (χ1n) is 6.93. The van der Waals surface area contributed by atoms with E-state index >= 15 is 0 Å². The molecule has 0 spiro atoms. The summed E-state index contributed by atoms with van der Waals surface area (Å²) in [6.45, 7) is 2.68. The van der Waals surface area contributed by atoms with Crippen LogP contribution in [0.25, 0.3) is 0 Å². The molecule has 1 heterocycles. The number of esters is 1. The Labute approximate surface area is 128 Å². The van der Waals surface area contributed by atoms with Gasteiger partial charge in [0.25, 0.3) is 0 Å². The molecular formula is C14H19N5O3. The molecule has 0 aliphatic carbocycles. The van der Waals surface area contributed by atoms with Gasteiger partial charge in [0.15, 0.2) is 5.82 Å². The molecule has 0 amide bonds. The Balaban J connectivity index is 1.81. The normalized spacial score (nSPS) is 12.1. The van der Waals surface area contributed by atoms with E-state index in [9.17, 15) is 4.79 Å². The lowest BCUT2D eigenvalue weighted by Crippen LogP contribution is -2.23. The number of tetrazole rings is 1. The topological polar surface area (TPSA) is 105 Å². The van der Waals surface area contributed by atoms with E-state index in [1.807, 2.05) is 30.3 Å². The predicted molar refractivity (Wildman–Crippen MR) is 77.5 cm³/mol. The van der Waals surface area contributed by atoms with Gasteiger partial charge in [-0.05, 0) is 16.0 Å². The fourth-order valence-corrected chi connectivity index (χ4v) is 1.86. The van der Waals surface area contributed by atoms with E-state index in [-0.39, 0.29) is 12.6 Å². The van der Waals surface area contributed by atoms with Gasteiger partial charge < -0.3 is 15.2 Å². The smallest absolute Gasteiger partial charge is 0.302 e. The summed E-state index contributed by atoms with van der Waals surface area (Å²) in [4.78, 5) is 10.7. The van der Waals surface area contributed by atoms with E-state index in [4.69, 9.17) is 15.2 Å². The van der Waals surface area contributed by atoms with Gasteiger partial charge in [-0.3, -0.25) is 4.79 Å². The van der Waals surface area contributed by atoms with Crippen LogP contribution in [0, 0.1) is 0 Å². The Kier molecular flexibility index (Phi) is 5.99. The zero-order valence-electron chi connectivity index (χ0n) is 12.4. The third-order valence-electron chi connectivity index (χ3n) is 2.91. The van der Waals surface area contributed by atoms with Crippen LogP contribution in [0.5, 0.6) is 0 Å². The molecule has 2 N–H and O–H groups in total. The predicted octanol–water partition coefficient (Wildman–Crippen LogP) is 0.453. The van der Waals surface area contributed by atoms with E-state index in [0.29, 0.717) is 25.6 Å². The molecule has 0 saturated heterocycles. The van der Waals surface area contributed by atoms with Crippen molar-refractivity contribution < 1.29 is 14.3 Å². The van der Waals surface area contributed by atoms with Crippen molar-refractivity contribution in [3.63, 3.8) is 0 Å². The van der Waals surface area contributed by atoms with Crippen LogP contribution < -0.4 is 5.73 Å². The molecule has 0 bridgehead atoms. The third-order valence-corrected chi connectivity index (χ3v) is 2.91. The van der Waals surface area contributed by atoms with Crippen LogP contribution in [0.2, 0.25) is 0 Å². The molecule has 0 radical (unpaired) electrons. The zero-order chi connectivity index (χ0) is 15.8. The molecule has 8 nitrogen and oxygen atoms in total. The van der Waals surface area contributed by atoms with Crippen molar-refractivity contribution in [1.82, 2.24) is 20.2 Å². The van der Waals surface area contributed by atoms with Gasteiger partial charge in [0, 0.05) is 6.92 Å². The number of rotatable bonds is 8. The summed E-state index contributed by atoms with van der Waals surface area (Å²) < 4.78 is 12.0. The highest BCUT2D eigenvalue weighted by molar-refractivity contribution is 5.65. The zero-order valence-corrected chi connectivity index (χ0v) is 12.4. The molecule has 118 valence electrons. The number of benzene rings is 1. The number of nitrogens with two attached hydrogens (primary N) is 1. The number of aromatic nitrogens is 4. The number of hydrogen-bond acceptors (Lipinski definition) is 7. The second kappa shape index (κ2) is 8.20. The minimum absolute atomic E-state index is 0.199. The third kappa shape index (κ3) is 4.90. The quantitative estimate of drug-likeness (QED) is 0.706. The van der Waals surface area contributed by atoms with Gasteiger partial charge in [-0.2, -0.15) is 0 Å². The van der Waals surface area contributed by atoms with Gasteiger partial charge in [0.2, 0.25) is 0 Å². The van der Waals surface area contributed by atoms with E-state index < -0.39 is 6.04 Å². The molecule has 1 atom stereocenters. The van der Waals surface area contributed by atoms with Crippen molar-refractivity contribution in [1.29, 1.82) is 0 Å². The highest BCUT2D eigenvalue weighted by Gasteiger charge is 2.15. The molecule has 1 aromatic carbocycles. The number of carbonyl (C=O) groups excluding carboxylic acids is 1. The average molecular weight is 305 g/mol. The lowest BCUT2D eigenvalue weighted by molar-refractivity contribution is -0.141. The van der Waals surface area contributed by atoms with E-state index in [2.05, 4.69) is 15.5 Å². The van der Waals surface area contributed by atoms with Crippen LogP contribution in [0.3, 0.4) is 0 Å². The number of hydrogen-bond donors (Lipinski definition) is 1. The molecule has 0 aliphatic rings. The lowest BCUT2D eigenvalue weighted by Gasteiger charge is -2.12. The van der Waals surface area contributed by atoms with Crippen LogP contribution >= 0.6 is 0 Å². The van der Waals surface area contributed by atoms with Crippen molar-refractivity contribution in [2.75, 3.05) is 13.2 Å². The van der Waals surface area contributed by atoms with Crippen molar-refractivity contribution in [3.05, 3.63) is 41.7 Å². The van der Waals surface area contributed by atoms with Gasteiger partial charge in [-0.1, -0.05) is 30.3 Å². The van der Waals surface area contributed by atoms with Gasteiger partial charge in [0.1, 0.15) is 6.61 Å². The summed E-state index contributed by atoms with van der Waals surface area (Å²) in [7, 11) is 0. The summed E-state index contributed by atoms with van der Waals surface area (Å²) in [5.41, 5.74) is 7.11. The summed E-state index contributed by atoms with van der Waals surface area (Å²) in [5.74, 6) is 0.158. The van der Waals surface area contributed by atoms with E-state index in [0.717, 1.165) is 5.56 Å². The maximum Gasteiger partial charge on any atom is 0.302 e. The molecule has 22 heavy (non-hydrogen) atoms. The summed E-state index contributed by atoms with van der Waals surface area (Å²) in [6.07, 6.45) is 0. The SMILES string of the molecule is CC(=O)OCCn1nnnc1C(N)COCc1ccccc1. The first-order valence-corrected chi connectivity index (χ1v) is 6.93. The first kappa shape index (κ1) is 16.1. The largest absolute Gasteiger partial charge is 0.464 e. The maximum atomic E-state index is 10.7. The number of nitrogens with zero attached hydrogens (tertiary/aromatic N) is 4. The molecule has 0 saturated carbocycles. The second-order valence-electron chi connectivity index (χ2n) is 4.71. The molecule has 2 rings (SSSR count). The van der Waals surface area contributed by atoms with Crippen LogP contribution in [0.1, 0.15) is 24.4 Å². The monoisotopic (exact) mass is 305 g/mol. The molecule has 1 unspecified atom stereocenters. The average Bonchev–Trinajstić information content (AvgIpc) is 2.96. The molecule has 8 heteroatoms. The Hall–Kier alpha value is -2.32. The Bertz CT molecular complexity index is 587. The Morgan fingerprint density at radius 1 is 1.36 bits per heavy atom. The summed E-state index contributed by atoms with van der Waals surface area (Å²) in [5, 5.41) is 11.3. The number of carbonyl (C=O) groups is 1. The standard InChI is InChI=1S/C14H19N5O3/c1-11(20)22-8-7-19-14(16-17-18-19)13(15)10-21-9-12-5-3-2-4-6-12/h2-6,13H,7-10,15H2,1H3. The van der Waals surface area contributed by atoms with Gasteiger partial charge >= 0.3 is 5.97 Å². The Morgan fingerprint density at radius 3 is 2.86 bits per heavy atom. The lowest BCUT2D eigenvalue weighted by atomic mass is 10.2. The van der Waals surface area contributed by atoms with Crippen LogP contribution in [0.4, 0.5) is 0 Å². The molecule has 2 aromatic rings. The van der Waals surface area contributed by atoms with Crippen molar-refractivity contribution >= 4 is 5.97 Å². The Morgan fingerprint density at radius 2 is 2.14 bits per heavy atom. The molecule has 0 fully saturated rings. The van der Waals surface area contributed by atoms with E-state index in [1.165, 1.54) is 11.6 Å². The second-order valence-corrected chi connectivity index (χ2v) is 4.71. The van der Waals surface area contributed by atoms with Gasteiger partial charge in [0.05, 0.1) is 25.8 Å². The summed E-state index contributed by atoms with van der Waals surface area (Å²) >= 11 is 0. The van der Waals surface area contributed by atoms with E-state index in [1.54, 1.807) is 0 Å². The van der Waals surface area contributed by atoms with Crippen LogP contribution in [-0.2, 0) is 27.4 Å². The fraction of sp³-hybridized carbons (Fsp3) is 0.429. The van der Waals surface area contributed by atoms with Gasteiger partial charge in [-0.25, -0.2) is 4.68 Å².